The maximum absolute atomic E-state index is 13.3. The van der Waals surface area contributed by atoms with Gasteiger partial charge in [0.05, 0.1) is 17.2 Å². The van der Waals surface area contributed by atoms with Crippen molar-refractivity contribution in [1.29, 1.82) is 0 Å². The van der Waals surface area contributed by atoms with E-state index < -0.39 is 35.2 Å². The first kappa shape index (κ1) is 26.3. The molecule has 0 spiro atoms. The van der Waals surface area contributed by atoms with Crippen LogP contribution in [0.25, 0.3) is 5.52 Å². The van der Waals surface area contributed by atoms with Crippen LogP contribution in [0, 0.1) is 0 Å². The average molecular weight is 522 g/mol. The van der Waals surface area contributed by atoms with E-state index in [1.807, 2.05) is 0 Å². The van der Waals surface area contributed by atoms with E-state index in [1.165, 1.54) is 17.6 Å². The minimum Gasteiger partial charge on any atom is -0.444 e. The predicted molar refractivity (Wildman–Crippen MR) is 130 cm³/mol. The Kier molecular flexibility index (Phi) is 7.07. The second kappa shape index (κ2) is 9.94. The molecule has 2 atom stereocenters. The van der Waals surface area contributed by atoms with Gasteiger partial charge >= 0.3 is 12.3 Å². The van der Waals surface area contributed by atoms with Gasteiger partial charge in [0.25, 0.3) is 5.91 Å². The summed E-state index contributed by atoms with van der Waals surface area (Å²) >= 11 is 0. The summed E-state index contributed by atoms with van der Waals surface area (Å²) < 4.78 is 47.6. The largest absolute Gasteiger partial charge is 0.444 e. The van der Waals surface area contributed by atoms with E-state index in [-0.39, 0.29) is 17.8 Å². The van der Waals surface area contributed by atoms with E-state index >= 15 is 0 Å². The molecule has 0 bridgehead atoms. The van der Waals surface area contributed by atoms with E-state index in [2.05, 4.69) is 26.1 Å². The minimum absolute atomic E-state index is 0.0581. The molecule has 1 fully saturated rings. The average Bonchev–Trinajstić information content (AvgIpc) is 3.36. The summed E-state index contributed by atoms with van der Waals surface area (Å²) in [6.45, 7) is 5.39. The first-order valence-corrected chi connectivity index (χ1v) is 12.0. The molecule has 3 heterocycles. The van der Waals surface area contributed by atoms with Crippen molar-refractivity contribution in [2.24, 2.45) is 7.05 Å². The van der Waals surface area contributed by atoms with Gasteiger partial charge in [-0.15, -0.1) is 5.10 Å². The van der Waals surface area contributed by atoms with E-state index in [0.717, 1.165) is 36.6 Å². The van der Waals surface area contributed by atoms with Gasteiger partial charge < -0.3 is 20.7 Å². The molecule has 4 rings (SSSR count). The first-order valence-electron chi connectivity index (χ1n) is 12.0. The number of alkyl halides is 3. The Morgan fingerprint density at radius 2 is 1.70 bits per heavy atom. The lowest BCUT2D eigenvalue weighted by Crippen LogP contribution is -2.49. The number of anilines is 2. The molecule has 0 unspecified atom stereocenters. The number of carbonyl (C=O) groups is 2. The highest BCUT2D eigenvalue weighted by Crippen LogP contribution is 2.33. The van der Waals surface area contributed by atoms with Gasteiger partial charge in [0.2, 0.25) is 0 Å². The van der Waals surface area contributed by atoms with Crippen molar-refractivity contribution in [3.05, 3.63) is 41.9 Å². The lowest BCUT2D eigenvalue weighted by Gasteiger charge is -2.33. The van der Waals surface area contributed by atoms with Gasteiger partial charge in [-0.05, 0) is 57.9 Å². The molecule has 37 heavy (non-hydrogen) atoms. The molecule has 0 aromatic carbocycles. The molecule has 0 saturated heterocycles. The molecule has 1 saturated carbocycles. The second-order valence-corrected chi connectivity index (χ2v) is 10.1. The summed E-state index contributed by atoms with van der Waals surface area (Å²) in [6, 6.07) is 6.32. The zero-order chi connectivity index (χ0) is 27.0. The van der Waals surface area contributed by atoms with Gasteiger partial charge in [-0.1, -0.05) is 12.8 Å². The van der Waals surface area contributed by atoms with Crippen LogP contribution in [0.2, 0.25) is 0 Å². The molecular formula is C24H30F3N7O3. The fourth-order valence-corrected chi connectivity index (χ4v) is 4.34. The van der Waals surface area contributed by atoms with Crippen molar-refractivity contribution in [3.63, 3.8) is 0 Å². The van der Waals surface area contributed by atoms with Gasteiger partial charge in [0.1, 0.15) is 17.1 Å². The number of hydrogen-bond donors (Lipinski definition) is 3. The maximum atomic E-state index is 13.3. The summed E-state index contributed by atoms with van der Waals surface area (Å²) in [7, 11) is 1.34. The molecule has 2 amide bonds. The molecule has 1 aliphatic rings. The Bertz CT molecular complexity index is 1290. The molecule has 3 N–H and O–H groups in total. The van der Waals surface area contributed by atoms with Crippen LogP contribution in [0.4, 0.5) is 29.5 Å². The number of amides is 2. The SMILES string of the molecule is Cn1cc(NC(=O)c2ccc3ccc(N[C@@H]4CCCC[C@@H]4NC(=O)OC(C)(C)C)nn23)c(C(F)(F)F)n1. The third kappa shape index (κ3) is 6.33. The molecule has 3 aromatic heterocycles. The van der Waals surface area contributed by atoms with Crippen LogP contribution in [0.5, 0.6) is 0 Å². The number of hydrogen-bond acceptors (Lipinski definition) is 6. The topological polar surface area (TPSA) is 115 Å². The van der Waals surface area contributed by atoms with E-state index in [1.54, 1.807) is 39.0 Å². The predicted octanol–water partition coefficient (Wildman–Crippen LogP) is 4.59. The van der Waals surface area contributed by atoms with Crippen molar-refractivity contribution < 1.29 is 27.5 Å². The zero-order valence-electron chi connectivity index (χ0n) is 21.0. The van der Waals surface area contributed by atoms with E-state index in [4.69, 9.17) is 4.74 Å². The van der Waals surface area contributed by atoms with Crippen LogP contribution in [-0.4, -0.2) is 49.1 Å². The summed E-state index contributed by atoms with van der Waals surface area (Å²) in [5.41, 5.74) is -1.59. The van der Waals surface area contributed by atoms with Crippen molar-refractivity contribution >= 4 is 29.0 Å². The number of alkyl carbamates (subject to hydrolysis) is 1. The number of ether oxygens (including phenoxy) is 1. The molecule has 200 valence electrons. The fraction of sp³-hybridized carbons (Fsp3) is 0.500. The Morgan fingerprint density at radius 1 is 1.03 bits per heavy atom. The van der Waals surface area contributed by atoms with Crippen molar-refractivity contribution in [3.8, 4) is 0 Å². The number of aromatic nitrogens is 4. The summed E-state index contributed by atoms with van der Waals surface area (Å²) in [5, 5.41) is 16.5. The van der Waals surface area contributed by atoms with Crippen molar-refractivity contribution in [2.75, 3.05) is 10.6 Å². The van der Waals surface area contributed by atoms with Crippen molar-refractivity contribution in [2.45, 2.75) is 70.3 Å². The number of nitrogens with one attached hydrogen (secondary N) is 3. The standard InChI is InChI=1S/C24H30F3N7O3/c1-23(2,3)37-22(36)30-16-8-6-5-7-15(16)28-19-12-10-14-9-11-18(34(14)31-19)21(35)29-17-13-33(4)32-20(17)24(25,26)27/h9-13,15-16H,5-8H2,1-4H3,(H,28,31)(H,29,35)(H,30,36)/t15-,16+/m1/s1. The van der Waals surface area contributed by atoms with Crippen LogP contribution in [0.3, 0.4) is 0 Å². The third-order valence-electron chi connectivity index (χ3n) is 5.88. The number of rotatable bonds is 5. The monoisotopic (exact) mass is 521 g/mol. The summed E-state index contributed by atoms with van der Waals surface area (Å²) in [4.78, 5) is 25.2. The highest BCUT2D eigenvalue weighted by atomic mass is 19.4. The van der Waals surface area contributed by atoms with Gasteiger partial charge in [0.15, 0.2) is 5.69 Å². The molecule has 10 nitrogen and oxygen atoms in total. The van der Waals surface area contributed by atoms with Crippen LogP contribution >= 0.6 is 0 Å². The number of fused-ring (bicyclic) bond motifs is 1. The van der Waals surface area contributed by atoms with Crippen LogP contribution in [-0.2, 0) is 18.0 Å². The Labute approximate surface area is 211 Å². The summed E-state index contributed by atoms with van der Waals surface area (Å²) in [6.07, 6.45) is -0.629. The molecule has 3 aromatic rings. The zero-order valence-corrected chi connectivity index (χ0v) is 21.0. The number of nitrogens with zero attached hydrogens (tertiary/aromatic N) is 4. The van der Waals surface area contributed by atoms with Crippen LogP contribution in [0.15, 0.2) is 30.5 Å². The first-order chi connectivity index (χ1) is 17.3. The van der Waals surface area contributed by atoms with E-state index in [0.29, 0.717) is 11.3 Å². The van der Waals surface area contributed by atoms with Crippen molar-refractivity contribution in [1.82, 2.24) is 24.7 Å². The third-order valence-corrected chi connectivity index (χ3v) is 5.88. The lowest BCUT2D eigenvalue weighted by atomic mass is 9.90. The van der Waals surface area contributed by atoms with Crippen LogP contribution in [0.1, 0.15) is 62.6 Å². The fourth-order valence-electron chi connectivity index (χ4n) is 4.34. The quantitative estimate of drug-likeness (QED) is 0.453. The Balaban J connectivity index is 1.52. The number of carbonyl (C=O) groups excluding carboxylic acids is 2. The minimum atomic E-state index is -4.72. The second-order valence-electron chi connectivity index (χ2n) is 10.1. The highest BCUT2D eigenvalue weighted by Gasteiger charge is 2.38. The Morgan fingerprint density at radius 3 is 2.38 bits per heavy atom. The smallest absolute Gasteiger partial charge is 0.437 e. The number of aryl methyl sites for hydroxylation is 1. The van der Waals surface area contributed by atoms with Gasteiger partial charge in [0, 0.05) is 19.3 Å². The highest BCUT2D eigenvalue weighted by molar-refractivity contribution is 6.04. The van der Waals surface area contributed by atoms with Gasteiger partial charge in [-0.25, -0.2) is 9.31 Å². The molecule has 0 radical (unpaired) electrons. The lowest BCUT2D eigenvalue weighted by molar-refractivity contribution is -0.140. The van der Waals surface area contributed by atoms with Crippen LogP contribution < -0.4 is 16.0 Å². The van der Waals surface area contributed by atoms with Gasteiger partial charge in [-0.3, -0.25) is 9.48 Å². The van der Waals surface area contributed by atoms with E-state index in [9.17, 15) is 22.8 Å². The Hall–Kier alpha value is -3.77. The molecule has 1 aliphatic carbocycles. The van der Waals surface area contributed by atoms with Gasteiger partial charge in [-0.2, -0.15) is 18.3 Å². The number of halogens is 3. The normalized spacial score (nSPS) is 18.5. The summed E-state index contributed by atoms with van der Waals surface area (Å²) in [5.74, 6) is -0.303. The molecule has 13 heteroatoms. The molecule has 0 aliphatic heterocycles. The molecular weight excluding hydrogens is 491 g/mol. The maximum Gasteiger partial charge on any atom is 0.437 e.